The van der Waals surface area contributed by atoms with Crippen LogP contribution in [0.2, 0.25) is 10.0 Å². The van der Waals surface area contributed by atoms with E-state index in [2.05, 4.69) is 5.32 Å². The lowest BCUT2D eigenvalue weighted by Crippen LogP contribution is -3.20. The normalized spacial score (nSPS) is 30.7. The minimum atomic E-state index is 0.759. The molecule has 3 N–H and O–H groups in total. The predicted molar refractivity (Wildman–Crippen MR) is 74.2 cm³/mol. The molecule has 3 saturated heterocycles. The van der Waals surface area contributed by atoms with E-state index in [0.717, 1.165) is 34.1 Å². The quantitative estimate of drug-likeness (QED) is 0.818. The van der Waals surface area contributed by atoms with Crippen LogP contribution in [0.15, 0.2) is 18.2 Å². The van der Waals surface area contributed by atoms with Crippen molar-refractivity contribution in [3.63, 3.8) is 0 Å². The Kier molecular flexibility index (Phi) is 3.81. The molecule has 98 valence electrons. The summed E-state index contributed by atoms with van der Waals surface area (Å²) in [5, 5.41) is 4.05. The Morgan fingerprint density at radius 2 is 1.83 bits per heavy atom. The van der Waals surface area contributed by atoms with Gasteiger partial charge in [-0.2, -0.15) is 0 Å². The fourth-order valence-electron chi connectivity index (χ4n) is 3.45. The highest BCUT2D eigenvalue weighted by atomic mass is 35.5. The summed E-state index contributed by atoms with van der Waals surface area (Å²) < 4.78 is 0. The minimum absolute atomic E-state index is 0.759. The largest absolute Gasteiger partial charge is 0.335 e. The van der Waals surface area contributed by atoms with Crippen LogP contribution in [0, 0.1) is 5.92 Å². The first-order valence-electron chi connectivity index (χ1n) is 6.84. The maximum Gasteiger partial charge on any atom is 0.139 e. The lowest BCUT2D eigenvalue weighted by atomic mass is 9.84. The van der Waals surface area contributed by atoms with Crippen molar-refractivity contribution < 1.29 is 10.2 Å². The fraction of sp³-hybridized carbons (Fsp3) is 0.571. The van der Waals surface area contributed by atoms with Gasteiger partial charge in [0, 0.05) is 24.3 Å². The van der Waals surface area contributed by atoms with Crippen molar-refractivity contribution in [2.45, 2.75) is 25.4 Å². The molecule has 1 aromatic rings. The van der Waals surface area contributed by atoms with Crippen LogP contribution >= 0.6 is 23.2 Å². The Bertz CT molecular complexity index is 408. The van der Waals surface area contributed by atoms with E-state index < -0.39 is 0 Å². The van der Waals surface area contributed by atoms with Gasteiger partial charge in [0.15, 0.2) is 0 Å². The third kappa shape index (κ3) is 2.53. The number of quaternary nitrogens is 2. The molecule has 0 aliphatic carbocycles. The van der Waals surface area contributed by atoms with Crippen LogP contribution in [0.3, 0.4) is 0 Å². The number of hydrogen-bond acceptors (Lipinski definition) is 0. The molecule has 0 spiro atoms. The van der Waals surface area contributed by atoms with Gasteiger partial charge in [-0.25, -0.2) is 0 Å². The predicted octanol–water partition coefficient (Wildman–Crippen LogP) is 0.734. The van der Waals surface area contributed by atoms with Crippen LogP contribution in [-0.4, -0.2) is 25.7 Å². The van der Waals surface area contributed by atoms with Gasteiger partial charge in [0.25, 0.3) is 0 Å². The van der Waals surface area contributed by atoms with Gasteiger partial charge in [0.2, 0.25) is 0 Å². The van der Waals surface area contributed by atoms with E-state index >= 15 is 0 Å². The van der Waals surface area contributed by atoms with Crippen LogP contribution < -0.4 is 10.2 Å². The number of hydrogen-bond donors (Lipinski definition) is 2. The van der Waals surface area contributed by atoms with Gasteiger partial charge in [0.05, 0.1) is 23.1 Å². The molecule has 0 unspecified atom stereocenters. The van der Waals surface area contributed by atoms with E-state index in [1.165, 1.54) is 32.5 Å². The first-order valence-corrected chi connectivity index (χ1v) is 7.59. The molecule has 2 bridgehead atoms. The number of fused-ring (bicyclic) bond motifs is 3. The van der Waals surface area contributed by atoms with E-state index in [9.17, 15) is 0 Å². The number of nitrogens with one attached hydrogen (secondary N) is 1. The summed E-state index contributed by atoms with van der Waals surface area (Å²) in [4.78, 5) is 1.78. The van der Waals surface area contributed by atoms with Gasteiger partial charge in [-0.1, -0.05) is 29.3 Å². The molecule has 4 heteroatoms. The Morgan fingerprint density at radius 3 is 2.39 bits per heavy atom. The number of benzene rings is 1. The van der Waals surface area contributed by atoms with Crippen molar-refractivity contribution in [1.82, 2.24) is 0 Å². The fourth-order valence-corrected chi connectivity index (χ4v) is 4.00. The van der Waals surface area contributed by atoms with E-state index in [0.29, 0.717) is 0 Å². The van der Waals surface area contributed by atoms with Crippen molar-refractivity contribution in [2.24, 2.45) is 5.92 Å². The summed E-state index contributed by atoms with van der Waals surface area (Å²) in [6.45, 7) is 4.98. The second-order valence-electron chi connectivity index (χ2n) is 5.60. The average molecular weight is 287 g/mol. The summed E-state index contributed by atoms with van der Waals surface area (Å²) in [6.07, 6.45) is 2.79. The van der Waals surface area contributed by atoms with Crippen molar-refractivity contribution in [1.29, 1.82) is 0 Å². The van der Waals surface area contributed by atoms with E-state index in [4.69, 9.17) is 23.2 Å². The monoisotopic (exact) mass is 286 g/mol. The zero-order chi connectivity index (χ0) is 12.5. The van der Waals surface area contributed by atoms with Crippen LogP contribution in [0.1, 0.15) is 18.4 Å². The molecule has 3 heterocycles. The Hall–Kier alpha value is -0.280. The second kappa shape index (κ2) is 5.38. The van der Waals surface area contributed by atoms with E-state index in [1.807, 2.05) is 18.2 Å². The zero-order valence-corrected chi connectivity index (χ0v) is 12.0. The van der Waals surface area contributed by atoms with Gasteiger partial charge in [0.1, 0.15) is 19.1 Å². The molecule has 2 nitrogen and oxygen atoms in total. The molecular formula is C14H20Cl2N2+2. The molecular weight excluding hydrogens is 267 g/mol. The third-order valence-electron chi connectivity index (χ3n) is 4.55. The average Bonchev–Trinajstić information content (AvgIpc) is 2.39. The summed E-state index contributed by atoms with van der Waals surface area (Å²) in [5.41, 5.74) is 1.09. The molecule has 3 aliphatic rings. The van der Waals surface area contributed by atoms with Gasteiger partial charge >= 0.3 is 0 Å². The lowest BCUT2D eigenvalue weighted by molar-refractivity contribution is -0.943. The highest BCUT2D eigenvalue weighted by molar-refractivity contribution is 6.35. The Morgan fingerprint density at radius 1 is 1.17 bits per heavy atom. The Labute approximate surface area is 118 Å². The maximum absolute atomic E-state index is 6.22. The van der Waals surface area contributed by atoms with Crippen molar-refractivity contribution in [2.75, 3.05) is 19.6 Å². The SMILES string of the molecule is Clc1cccc(Cl)c1C[NH2+][C@@H]1C[NH+]2CCC1CC2. The van der Waals surface area contributed by atoms with Crippen LogP contribution in [0.5, 0.6) is 0 Å². The van der Waals surface area contributed by atoms with Crippen LogP contribution in [0.4, 0.5) is 0 Å². The van der Waals surface area contributed by atoms with Crippen LogP contribution in [-0.2, 0) is 6.54 Å². The van der Waals surface area contributed by atoms with Gasteiger partial charge in [-0.15, -0.1) is 0 Å². The van der Waals surface area contributed by atoms with Gasteiger partial charge in [-0.05, 0) is 12.1 Å². The molecule has 18 heavy (non-hydrogen) atoms. The maximum atomic E-state index is 6.22. The molecule has 0 amide bonds. The molecule has 0 saturated carbocycles. The molecule has 1 aromatic carbocycles. The number of piperidine rings is 3. The van der Waals surface area contributed by atoms with Gasteiger partial charge in [-0.3, -0.25) is 0 Å². The van der Waals surface area contributed by atoms with Gasteiger partial charge < -0.3 is 10.2 Å². The minimum Gasteiger partial charge on any atom is -0.335 e. The first-order chi connectivity index (χ1) is 8.74. The number of rotatable bonds is 3. The topological polar surface area (TPSA) is 21.1 Å². The van der Waals surface area contributed by atoms with E-state index in [1.54, 1.807) is 4.90 Å². The highest BCUT2D eigenvalue weighted by Crippen LogP contribution is 2.23. The smallest absolute Gasteiger partial charge is 0.139 e. The molecule has 0 aromatic heterocycles. The molecule has 0 radical (unpaired) electrons. The number of nitrogens with two attached hydrogens (primary N) is 1. The molecule has 3 aliphatic heterocycles. The van der Waals surface area contributed by atoms with E-state index in [-0.39, 0.29) is 0 Å². The molecule has 4 rings (SSSR count). The van der Waals surface area contributed by atoms with Crippen LogP contribution in [0.25, 0.3) is 0 Å². The van der Waals surface area contributed by atoms with Crippen molar-refractivity contribution >= 4 is 23.2 Å². The summed E-state index contributed by atoms with van der Waals surface area (Å²) in [5.74, 6) is 0.906. The zero-order valence-electron chi connectivity index (χ0n) is 10.5. The number of halogens is 2. The summed E-state index contributed by atoms with van der Waals surface area (Å²) in [7, 11) is 0. The summed E-state index contributed by atoms with van der Waals surface area (Å²) >= 11 is 12.4. The molecule has 3 fully saturated rings. The van der Waals surface area contributed by atoms with Crippen molar-refractivity contribution in [3.8, 4) is 0 Å². The summed E-state index contributed by atoms with van der Waals surface area (Å²) in [6, 6.07) is 6.53. The second-order valence-corrected chi connectivity index (χ2v) is 6.41. The standard InChI is InChI=1S/C14H18Cl2N2/c15-12-2-1-3-13(16)11(12)8-17-14-9-18-6-4-10(14)5-7-18/h1-3,10,14,17H,4-9H2/p+2/t14-/m1/s1. The third-order valence-corrected chi connectivity index (χ3v) is 5.26. The Balaban J connectivity index is 1.64. The highest BCUT2D eigenvalue weighted by Gasteiger charge is 2.39. The molecule has 1 atom stereocenters. The van der Waals surface area contributed by atoms with Crippen molar-refractivity contribution in [3.05, 3.63) is 33.8 Å². The lowest BCUT2D eigenvalue weighted by Gasteiger charge is -2.40. The first kappa shape index (κ1) is 12.7.